The lowest BCUT2D eigenvalue weighted by Gasteiger charge is -2.26. The van der Waals surface area contributed by atoms with Crippen LogP contribution in [0, 0.1) is 17.2 Å². The summed E-state index contributed by atoms with van der Waals surface area (Å²) in [5.41, 5.74) is 6.21. The molecule has 4 heteroatoms. The Balaban J connectivity index is 2.71. The largest absolute Gasteiger partial charge is 0.349 e. The summed E-state index contributed by atoms with van der Waals surface area (Å²) in [7, 11) is 0. The molecule has 0 aliphatic rings. The van der Waals surface area contributed by atoms with Crippen LogP contribution in [0.15, 0.2) is 24.3 Å². The van der Waals surface area contributed by atoms with Crippen molar-refractivity contribution in [3.05, 3.63) is 35.6 Å². The average molecular weight is 280 g/mol. The lowest BCUT2D eigenvalue weighted by atomic mass is 9.84. The number of carbonyl (C=O) groups excluding carboxylic acids is 1. The molecule has 0 saturated carbocycles. The molecule has 3 N–H and O–H groups in total. The van der Waals surface area contributed by atoms with E-state index in [4.69, 9.17) is 5.73 Å². The number of halogens is 1. The topological polar surface area (TPSA) is 55.1 Å². The van der Waals surface area contributed by atoms with Crippen molar-refractivity contribution in [3.8, 4) is 0 Å². The number of amides is 1. The molecule has 20 heavy (non-hydrogen) atoms. The second kappa shape index (κ2) is 6.84. The molecule has 2 unspecified atom stereocenters. The Labute approximate surface area is 120 Å². The highest BCUT2D eigenvalue weighted by atomic mass is 19.1. The van der Waals surface area contributed by atoms with Gasteiger partial charge in [-0.3, -0.25) is 4.79 Å². The summed E-state index contributed by atoms with van der Waals surface area (Å²) in [5.74, 6) is -0.664. The monoisotopic (exact) mass is 280 g/mol. The second-order valence-electron chi connectivity index (χ2n) is 6.45. The third-order valence-electron chi connectivity index (χ3n) is 3.24. The zero-order valence-electron chi connectivity index (χ0n) is 12.7. The molecule has 1 rings (SSSR count). The van der Waals surface area contributed by atoms with Gasteiger partial charge in [-0.05, 0) is 24.8 Å². The Morgan fingerprint density at radius 3 is 2.45 bits per heavy atom. The molecule has 0 heterocycles. The first-order valence-corrected chi connectivity index (χ1v) is 6.99. The van der Waals surface area contributed by atoms with Gasteiger partial charge >= 0.3 is 0 Å². The quantitative estimate of drug-likeness (QED) is 0.871. The molecule has 0 fully saturated rings. The number of nitrogens with two attached hydrogens (primary N) is 1. The third kappa shape index (κ3) is 4.93. The predicted molar refractivity (Wildman–Crippen MR) is 79.6 cm³/mol. The van der Waals surface area contributed by atoms with Gasteiger partial charge in [0.15, 0.2) is 0 Å². The van der Waals surface area contributed by atoms with Gasteiger partial charge in [0.05, 0.1) is 12.0 Å². The molecule has 0 radical (unpaired) electrons. The number of hydrogen-bond donors (Lipinski definition) is 2. The third-order valence-corrected chi connectivity index (χ3v) is 3.24. The molecule has 2 atom stereocenters. The van der Waals surface area contributed by atoms with Crippen LogP contribution in [0.2, 0.25) is 0 Å². The lowest BCUT2D eigenvalue weighted by Crippen LogP contribution is -2.38. The van der Waals surface area contributed by atoms with E-state index in [0.29, 0.717) is 18.5 Å². The predicted octanol–water partition coefficient (Wildman–Crippen LogP) is 3.01. The molecule has 0 saturated heterocycles. The zero-order chi connectivity index (χ0) is 15.3. The highest BCUT2D eigenvalue weighted by Gasteiger charge is 2.25. The standard InChI is InChI=1S/C16H25FN2O/c1-11(13-7-5-6-8-14(13)17)19-15(20)12(10-18)9-16(2,3)4/h5-8,11-12H,9-10,18H2,1-4H3,(H,19,20). The van der Waals surface area contributed by atoms with Gasteiger partial charge in [0.1, 0.15) is 5.82 Å². The Bertz CT molecular complexity index is 454. The van der Waals surface area contributed by atoms with Crippen molar-refractivity contribution >= 4 is 5.91 Å². The van der Waals surface area contributed by atoms with Crippen LogP contribution in [0.3, 0.4) is 0 Å². The maximum Gasteiger partial charge on any atom is 0.224 e. The molecule has 0 aliphatic heterocycles. The van der Waals surface area contributed by atoms with Crippen LogP contribution < -0.4 is 11.1 Å². The SMILES string of the molecule is CC(NC(=O)C(CN)CC(C)(C)C)c1ccccc1F. The Morgan fingerprint density at radius 2 is 1.95 bits per heavy atom. The van der Waals surface area contributed by atoms with Crippen molar-refractivity contribution in [2.45, 2.75) is 40.2 Å². The first-order valence-electron chi connectivity index (χ1n) is 6.99. The van der Waals surface area contributed by atoms with E-state index in [1.807, 2.05) is 0 Å². The smallest absolute Gasteiger partial charge is 0.224 e. The molecule has 1 aromatic rings. The van der Waals surface area contributed by atoms with Crippen LogP contribution in [-0.4, -0.2) is 12.5 Å². The fraction of sp³-hybridized carbons (Fsp3) is 0.562. The summed E-state index contributed by atoms with van der Waals surface area (Å²) in [6.07, 6.45) is 0.708. The summed E-state index contributed by atoms with van der Waals surface area (Å²) in [4.78, 5) is 12.2. The van der Waals surface area contributed by atoms with Gasteiger partial charge in [0, 0.05) is 12.1 Å². The van der Waals surface area contributed by atoms with Crippen molar-refractivity contribution in [2.24, 2.45) is 17.1 Å². The summed E-state index contributed by atoms with van der Waals surface area (Å²) in [6, 6.07) is 6.11. The minimum Gasteiger partial charge on any atom is -0.349 e. The van der Waals surface area contributed by atoms with Crippen LogP contribution in [0.5, 0.6) is 0 Å². The Hall–Kier alpha value is -1.42. The van der Waals surface area contributed by atoms with Gasteiger partial charge in [-0.2, -0.15) is 0 Å². The van der Waals surface area contributed by atoms with Crippen LogP contribution in [0.1, 0.15) is 45.7 Å². The van der Waals surface area contributed by atoms with Gasteiger partial charge in [-0.25, -0.2) is 4.39 Å². The van der Waals surface area contributed by atoms with Gasteiger partial charge in [0.25, 0.3) is 0 Å². The zero-order valence-corrected chi connectivity index (χ0v) is 12.7. The highest BCUT2D eigenvalue weighted by Crippen LogP contribution is 2.25. The summed E-state index contributed by atoms with van der Waals surface area (Å²) in [5, 5.41) is 2.85. The molecule has 1 aromatic carbocycles. The first-order chi connectivity index (χ1) is 9.24. The minimum absolute atomic E-state index is 0.0304. The molecule has 1 amide bonds. The van der Waals surface area contributed by atoms with E-state index in [1.54, 1.807) is 25.1 Å². The van der Waals surface area contributed by atoms with E-state index >= 15 is 0 Å². The Kier molecular flexibility index (Phi) is 5.69. The number of carbonyl (C=O) groups is 1. The maximum atomic E-state index is 13.7. The van der Waals surface area contributed by atoms with Crippen LogP contribution >= 0.6 is 0 Å². The summed E-state index contributed by atoms with van der Waals surface area (Å²) in [6.45, 7) is 8.30. The van der Waals surface area contributed by atoms with Gasteiger partial charge < -0.3 is 11.1 Å². The molecule has 0 bridgehead atoms. The van der Waals surface area contributed by atoms with Crippen molar-refractivity contribution < 1.29 is 9.18 Å². The van der Waals surface area contributed by atoms with Crippen molar-refractivity contribution in [1.29, 1.82) is 0 Å². The van der Waals surface area contributed by atoms with Crippen molar-refractivity contribution in [3.63, 3.8) is 0 Å². The normalized spacial score (nSPS) is 14.7. The highest BCUT2D eigenvalue weighted by molar-refractivity contribution is 5.79. The van der Waals surface area contributed by atoms with E-state index in [-0.39, 0.29) is 29.1 Å². The van der Waals surface area contributed by atoms with E-state index in [0.717, 1.165) is 0 Å². The van der Waals surface area contributed by atoms with E-state index in [9.17, 15) is 9.18 Å². The van der Waals surface area contributed by atoms with E-state index in [2.05, 4.69) is 26.1 Å². The van der Waals surface area contributed by atoms with Crippen molar-refractivity contribution in [2.75, 3.05) is 6.54 Å². The number of hydrogen-bond acceptors (Lipinski definition) is 2. The van der Waals surface area contributed by atoms with E-state index in [1.165, 1.54) is 6.07 Å². The van der Waals surface area contributed by atoms with Gasteiger partial charge in [0.2, 0.25) is 5.91 Å². The summed E-state index contributed by atoms with van der Waals surface area (Å²) >= 11 is 0. The molecule has 3 nitrogen and oxygen atoms in total. The molecule has 0 spiro atoms. The fourth-order valence-corrected chi connectivity index (χ4v) is 2.26. The van der Waals surface area contributed by atoms with Crippen molar-refractivity contribution in [1.82, 2.24) is 5.32 Å². The molecule has 112 valence electrons. The minimum atomic E-state index is -0.363. The molecule has 0 aromatic heterocycles. The van der Waals surface area contributed by atoms with Crippen LogP contribution in [-0.2, 0) is 4.79 Å². The summed E-state index contributed by atoms with van der Waals surface area (Å²) < 4.78 is 13.7. The number of benzene rings is 1. The van der Waals surface area contributed by atoms with Crippen LogP contribution in [0.25, 0.3) is 0 Å². The number of rotatable bonds is 5. The molecular formula is C16H25FN2O. The first kappa shape index (κ1) is 16.6. The van der Waals surface area contributed by atoms with E-state index < -0.39 is 0 Å². The number of nitrogens with one attached hydrogen (secondary N) is 1. The van der Waals surface area contributed by atoms with Crippen LogP contribution in [0.4, 0.5) is 4.39 Å². The lowest BCUT2D eigenvalue weighted by molar-refractivity contribution is -0.126. The van der Waals surface area contributed by atoms with Gasteiger partial charge in [-0.15, -0.1) is 0 Å². The van der Waals surface area contributed by atoms with Gasteiger partial charge in [-0.1, -0.05) is 39.0 Å². The molecular weight excluding hydrogens is 255 g/mol. The fourth-order valence-electron chi connectivity index (χ4n) is 2.26. The maximum absolute atomic E-state index is 13.7. The average Bonchev–Trinajstić information content (AvgIpc) is 2.35. The Morgan fingerprint density at radius 1 is 1.35 bits per heavy atom. The second-order valence-corrected chi connectivity index (χ2v) is 6.45. The molecule has 0 aliphatic carbocycles.